The Bertz CT molecular complexity index is 185. The number of hydrogen-bond acceptors (Lipinski definition) is 2. The fourth-order valence-electron chi connectivity index (χ4n) is 2.43. The molecular weight excluding hydrogens is 154 g/mol. The average Bonchev–Trinajstić information content (AvgIpc) is 2.05. The summed E-state index contributed by atoms with van der Waals surface area (Å²) in [4.78, 5) is 12.4. The Kier molecular flexibility index (Phi) is 2.05. The Hall–Kier alpha value is -0.570. The van der Waals surface area contributed by atoms with Crippen molar-refractivity contribution in [3.05, 3.63) is 0 Å². The summed E-state index contributed by atoms with van der Waals surface area (Å²) in [6, 6.07) is 0. The van der Waals surface area contributed by atoms with Crippen LogP contribution in [0.2, 0.25) is 0 Å². The predicted octanol–water partition coefficient (Wildman–Crippen LogP) is -0.773. The lowest BCUT2D eigenvalue weighted by atomic mass is 9.86. The van der Waals surface area contributed by atoms with Gasteiger partial charge in [0, 0.05) is 25.7 Å². The first-order chi connectivity index (χ1) is 5.75. The first-order valence-electron chi connectivity index (χ1n) is 4.76. The minimum absolute atomic E-state index is 0.117. The van der Waals surface area contributed by atoms with Gasteiger partial charge in [-0.15, -0.1) is 0 Å². The number of nitrogens with one attached hydrogen (secondary N) is 1. The van der Waals surface area contributed by atoms with Crippen LogP contribution < -0.4 is 4.90 Å². The number of fused-ring (bicyclic) bond motifs is 3. The van der Waals surface area contributed by atoms with Crippen molar-refractivity contribution in [2.75, 3.05) is 19.6 Å². The molecule has 3 heteroatoms. The van der Waals surface area contributed by atoms with Crippen LogP contribution in [0.25, 0.3) is 0 Å². The van der Waals surface area contributed by atoms with E-state index in [4.69, 9.17) is 4.74 Å². The number of carbonyl (C=O) groups excluding carboxylic acids is 1. The van der Waals surface area contributed by atoms with Crippen LogP contribution in [0, 0.1) is 5.92 Å². The van der Waals surface area contributed by atoms with Gasteiger partial charge in [-0.3, -0.25) is 4.79 Å². The zero-order chi connectivity index (χ0) is 8.55. The van der Waals surface area contributed by atoms with Crippen molar-refractivity contribution in [1.29, 1.82) is 0 Å². The lowest BCUT2D eigenvalue weighted by Gasteiger charge is -2.40. The molecule has 0 aromatic heterocycles. The lowest BCUT2D eigenvalue weighted by molar-refractivity contribution is -0.920. The van der Waals surface area contributed by atoms with Gasteiger partial charge >= 0.3 is 5.97 Å². The summed E-state index contributed by atoms with van der Waals surface area (Å²) in [6.07, 6.45) is 2.71. The molecule has 1 atom stereocenters. The van der Waals surface area contributed by atoms with Crippen molar-refractivity contribution in [3.8, 4) is 0 Å². The molecule has 0 spiro atoms. The van der Waals surface area contributed by atoms with Gasteiger partial charge in [0.15, 0.2) is 6.10 Å². The number of ether oxygens (including phenoxy) is 1. The Morgan fingerprint density at radius 3 is 2.50 bits per heavy atom. The van der Waals surface area contributed by atoms with Crippen LogP contribution >= 0.6 is 0 Å². The zero-order valence-electron chi connectivity index (χ0n) is 7.51. The van der Waals surface area contributed by atoms with Crippen LogP contribution in [-0.4, -0.2) is 31.7 Å². The predicted molar refractivity (Wildman–Crippen MR) is 43.8 cm³/mol. The molecule has 0 radical (unpaired) electrons. The standard InChI is InChI=1S/C9H15NO2/c1-7(11)12-9-6-10-4-2-8(9)3-5-10/h8-9H,2-6H2,1H3/p+1. The van der Waals surface area contributed by atoms with E-state index >= 15 is 0 Å². The number of quaternary nitrogens is 1. The molecular formula is C9H16NO2+. The Morgan fingerprint density at radius 1 is 1.42 bits per heavy atom. The molecule has 3 fully saturated rings. The molecule has 2 bridgehead atoms. The Labute approximate surface area is 72.7 Å². The largest absolute Gasteiger partial charge is 0.456 e. The molecule has 0 saturated carbocycles. The summed E-state index contributed by atoms with van der Waals surface area (Å²) >= 11 is 0. The van der Waals surface area contributed by atoms with Crippen molar-refractivity contribution in [2.24, 2.45) is 5.92 Å². The fraction of sp³-hybridized carbons (Fsp3) is 0.889. The summed E-state index contributed by atoms with van der Waals surface area (Å²) in [7, 11) is 0. The van der Waals surface area contributed by atoms with Crippen molar-refractivity contribution in [3.63, 3.8) is 0 Å². The molecule has 3 rings (SSSR count). The van der Waals surface area contributed by atoms with Crippen molar-refractivity contribution in [2.45, 2.75) is 25.9 Å². The first-order valence-corrected chi connectivity index (χ1v) is 4.76. The molecule has 0 aliphatic carbocycles. The van der Waals surface area contributed by atoms with Crippen molar-refractivity contribution in [1.82, 2.24) is 0 Å². The Morgan fingerprint density at radius 2 is 2.08 bits per heavy atom. The van der Waals surface area contributed by atoms with Gasteiger partial charge in [-0.05, 0) is 0 Å². The molecule has 1 N–H and O–H groups in total. The molecule has 68 valence electrons. The van der Waals surface area contributed by atoms with E-state index in [-0.39, 0.29) is 12.1 Å². The molecule has 0 aromatic rings. The zero-order valence-corrected chi connectivity index (χ0v) is 7.51. The van der Waals surface area contributed by atoms with E-state index in [2.05, 4.69) is 0 Å². The summed E-state index contributed by atoms with van der Waals surface area (Å²) in [5.74, 6) is 0.541. The van der Waals surface area contributed by atoms with E-state index < -0.39 is 0 Å². The SMILES string of the molecule is CC(=O)OC1C[NH+]2CCC1CC2. The number of piperidine rings is 3. The second-order valence-electron chi connectivity index (χ2n) is 3.94. The van der Waals surface area contributed by atoms with Crippen LogP contribution in [0.4, 0.5) is 0 Å². The maximum absolute atomic E-state index is 10.8. The van der Waals surface area contributed by atoms with Gasteiger partial charge in [0.2, 0.25) is 0 Å². The maximum atomic E-state index is 10.8. The smallest absolute Gasteiger partial charge is 0.303 e. The summed E-state index contributed by atoms with van der Waals surface area (Å²) < 4.78 is 5.27. The molecule has 3 heterocycles. The van der Waals surface area contributed by atoms with Gasteiger partial charge in [0.05, 0.1) is 13.1 Å². The van der Waals surface area contributed by atoms with Crippen molar-refractivity contribution < 1.29 is 14.4 Å². The summed E-state index contributed by atoms with van der Waals surface area (Å²) in [5.41, 5.74) is 0. The summed E-state index contributed by atoms with van der Waals surface area (Å²) in [5, 5.41) is 0. The normalized spacial score (nSPS) is 39.6. The monoisotopic (exact) mass is 170 g/mol. The highest BCUT2D eigenvalue weighted by Crippen LogP contribution is 2.20. The fourth-order valence-corrected chi connectivity index (χ4v) is 2.43. The molecule has 3 aliphatic rings. The van der Waals surface area contributed by atoms with Crippen LogP contribution in [-0.2, 0) is 9.53 Å². The number of carbonyl (C=O) groups is 1. The highest BCUT2D eigenvalue weighted by molar-refractivity contribution is 5.66. The quantitative estimate of drug-likeness (QED) is 0.524. The van der Waals surface area contributed by atoms with E-state index in [0.717, 1.165) is 6.54 Å². The topological polar surface area (TPSA) is 30.7 Å². The minimum Gasteiger partial charge on any atom is -0.456 e. The van der Waals surface area contributed by atoms with Crippen LogP contribution in [0.3, 0.4) is 0 Å². The van der Waals surface area contributed by atoms with Crippen LogP contribution in [0.1, 0.15) is 19.8 Å². The highest BCUT2D eigenvalue weighted by atomic mass is 16.5. The summed E-state index contributed by atoms with van der Waals surface area (Å²) in [6.45, 7) is 5.11. The van der Waals surface area contributed by atoms with Crippen molar-refractivity contribution >= 4 is 5.97 Å². The van der Waals surface area contributed by atoms with Crippen LogP contribution in [0.15, 0.2) is 0 Å². The van der Waals surface area contributed by atoms with Crippen LogP contribution in [0.5, 0.6) is 0 Å². The molecule has 3 nitrogen and oxygen atoms in total. The average molecular weight is 170 g/mol. The highest BCUT2D eigenvalue weighted by Gasteiger charge is 2.39. The minimum atomic E-state index is -0.117. The van der Waals surface area contributed by atoms with E-state index in [1.54, 1.807) is 4.90 Å². The Balaban J connectivity index is 1.95. The van der Waals surface area contributed by atoms with E-state index in [1.165, 1.54) is 32.9 Å². The maximum Gasteiger partial charge on any atom is 0.303 e. The van der Waals surface area contributed by atoms with E-state index in [9.17, 15) is 4.79 Å². The van der Waals surface area contributed by atoms with E-state index in [1.807, 2.05) is 0 Å². The third kappa shape index (κ3) is 1.46. The number of rotatable bonds is 1. The molecule has 3 aliphatic heterocycles. The third-order valence-corrected chi connectivity index (χ3v) is 3.07. The van der Waals surface area contributed by atoms with Gasteiger partial charge in [-0.1, -0.05) is 0 Å². The van der Waals surface area contributed by atoms with Gasteiger partial charge in [-0.25, -0.2) is 0 Å². The van der Waals surface area contributed by atoms with Gasteiger partial charge in [0.1, 0.15) is 6.54 Å². The third-order valence-electron chi connectivity index (χ3n) is 3.07. The second-order valence-corrected chi connectivity index (χ2v) is 3.94. The number of esters is 1. The molecule has 0 amide bonds. The molecule has 0 aromatic carbocycles. The molecule has 3 saturated heterocycles. The van der Waals surface area contributed by atoms with Gasteiger partial charge in [0.25, 0.3) is 0 Å². The second kappa shape index (κ2) is 3.05. The lowest BCUT2D eigenvalue weighted by Crippen LogP contribution is -3.16. The number of hydrogen-bond donors (Lipinski definition) is 1. The molecule has 12 heavy (non-hydrogen) atoms. The van der Waals surface area contributed by atoms with Gasteiger partial charge in [-0.2, -0.15) is 0 Å². The first kappa shape index (κ1) is 8.05. The molecule has 1 unspecified atom stereocenters. The van der Waals surface area contributed by atoms with Gasteiger partial charge < -0.3 is 9.64 Å². The van der Waals surface area contributed by atoms with E-state index in [0.29, 0.717) is 5.92 Å².